The Labute approximate surface area is 186 Å². The quantitative estimate of drug-likeness (QED) is 0.253. The fourth-order valence-electron chi connectivity index (χ4n) is 4.16. The lowest BCUT2D eigenvalue weighted by Gasteiger charge is -2.27. The highest BCUT2D eigenvalue weighted by Crippen LogP contribution is 2.53. The monoisotopic (exact) mass is 455 g/mol. The number of nitrogens with one attached hydrogen (secondary N) is 5. The number of aromatic amines is 1. The van der Waals surface area contributed by atoms with Gasteiger partial charge in [-0.3, -0.25) is 19.4 Å². The molecule has 2 aromatic rings. The highest BCUT2D eigenvalue weighted by atomic mass is 16.6. The Morgan fingerprint density at radius 1 is 1.27 bits per heavy atom. The first-order valence-corrected chi connectivity index (χ1v) is 10.3. The van der Waals surface area contributed by atoms with E-state index in [2.05, 4.69) is 31.2 Å². The molecule has 5 rings (SSSR count). The lowest BCUT2D eigenvalue weighted by Crippen LogP contribution is -2.43. The maximum atomic E-state index is 12.5. The number of nitrogen functional groups attached to an aromatic ring is 1. The van der Waals surface area contributed by atoms with Gasteiger partial charge in [-0.05, 0) is 24.3 Å². The van der Waals surface area contributed by atoms with Gasteiger partial charge < -0.3 is 36.8 Å². The number of aromatic nitrogens is 2. The lowest BCUT2D eigenvalue weighted by atomic mass is 10.1. The van der Waals surface area contributed by atoms with Crippen molar-refractivity contribution in [1.29, 1.82) is 0 Å². The molecule has 1 amide bonds. The molecule has 1 aromatic carbocycles. The molecule has 3 heterocycles. The number of hydrogen-bond acceptors (Lipinski definition) is 10. The molecule has 172 valence electrons. The van der Waals surface area contributed by atoms with E-state index in [9.17, 15) is 24.3 Å². The van der Waals surface area contributed by atoms with Crippen molar-refractivity contribution in [2.45, 2.75) is 18.2 Å². The maximum absolute atomic E-state index is 12.5. The summed E-state index contributed by atoms with van der Waals surface area (Å²) >= 11 is 0. The van der Waals surface area contributed by atoms with Gasteiger partial charge in [0, 0.05) is 30.3 Å². The Morgan fingerprint density at radius 2 is 2.03 bits per heavy atom. The normalized spacial score (nSPS) is 25.0. The van der Waals surface area contributed by atoms with Gasteiger partial charge in [-0.25, -0.2) is 4.79 Å². The van der Waals surface area contributed by atoms with Crippen LogP contribution in [0.3, 0.4) is 0 Å². The Kier molecular flexibility index (Phi) is 4.80. The van der Waals surface area contributed by atoms with Crippen LogP contribution in [-0.2, 0) is 14.3 Å². The smallest absolute Gasteiger partial charge is 0.326 e. The van der Waals surface area contributed by atoms with Crippen molar-refractivity contribution in [1.82, 2.24) is 15.3 Å². The van der Waals surface area contributed by atoms with Gasteiger partial charge >= 0.3 is 11.9 Å². The number of anilines is 4. The largest absolute Gasteiger partial charge is 0.480 e. The van der Waals surface area contributed by atoms with Crippen LogP contribution in [0.5, 0.6) is 0 Å². The van der Waals surface area contributed by atoms with Crippen molar-refractivity contribution >= 4 is 41.0 Å². The summed E-state index contributed by atoms with van der Waals surface area (Å²) in [5.74, 6) is -2.70. The third-order valence-electron chi connectivity index (χ3n) is 5.97. The molecular formula is C20H21N7O6. The van der Waals surface area contributed by atoms with E-state index in [4.69, 9.17) is 10.5 Å². The van der Waals surface area contributed by atoms with Crippen LogP contribution in [0, 0.1) is 11.8 Å². The molecular weight excluding hydrogens is 434 g/mol. The number of carbonyl (C=O) groups is 3. The number of carbonyl (C=O) groups excluding carboxylic acids is 2. The molecule has 1 saturated heterocycles. The first kappa shape index (κ1) is 20.6. The molecule has 1 aromatic heterocycles. The van der Waals surface area contributed by atoms with Crippen LogP contribution in [0.4, 0.5) is 23.1 Å². The molecule has 8 N–H and O–H groups in total. The summed E-state index contributed by atoms with van der Waals surface area (Å²) in [5.41, 5.74) is 6.52. The van der Waals surface area contributed by atoms with Gasteiger partial charge in [0.2, 0.25) is 5.95 Å². The van der Waals surface area contributed by atoms with Crippen LogP contribution < -0.4 is 32.6 Å². The van der Waals surface area contributed by atoms with E-state index in [0.29, 0.717) is 24.6 Å². The number of carboxylic acid groups (broad SMARTS) is 1. The van der Waals surface area contributed by atoms with Gasteiger partial charge in [0.05, 0.1) is 6.04 Å². The average Bonchev–Trinajstić information content (AvgIpc) is 3.40. The minimum atomic E-state index is -1.20. The predicted octanol–water partition coefficient (Wildman–Crippen LogP) is -0.975. The Morgan fingerprint density at radius 3 is 2.67 bits per heavy atom. The highest BCUT2D eigenvalue weighted by molar-refractivity contribution is 5.98. The number of carboxylic acids is 1. The van der Waals surface area contributed by atoms with Gasteiger partial charge in [0.1, 0.15) is 23.8 Å². The van der Waals surface area contributed by atoms with Crippen LogP contribution in [0.25, 0.3) is 0 Å². The van der Waals surface area contributed by atoms with E-state index < -0.39 is 41.8 Å². The fraction of sp³-hybridized carbons (Fsp3) is 0.350. The molecule has 1 aliphatic carbocycles. The van der Waals surface area contributed by atoms with Gasteiger partial charge in [-0.15, -0.1) is 0 Å². The van der Waals surface area contributed by atoms with E-state index >= 15 is 0 Å². The maximum Gasteiger partial charge on any atom is 0.326 e. The first-order chi connectivity index (χ1) is 15.8. The predicted molar refractivity (Wildman–Crippen MR) is 116 cm³/mol. The second-order valence-electron chi connectivity index (χ2n) is 8.15. The molecule has 0 bridgehead atoms. The number of esters is 1. The first-order valence-electron chi connectivity index (χ1n) is 10.3. The third kappa shape index (κ3) is 3.77. The zero-order chi connectivity index (χ0) is 23.3. The standard InChI is InChI=1S/C20H21N7O6/c21-20-26-15-13(17(29)27-20)24-9(6-23-15)5-22-8-3-1-7(2-4-8)16(28)25-12(18(30)31)10-11-14(10)33-19(11)32/h1-4,9-12,14,22,24H,5-6H2,(H,25,28)(H,30,31)(H4,21,23,26,27,29). The van der Waals surface area contributed by atoms with Gasteiger partial charge in [0.25, 0.3) is 11.5 Å². The number of H-pyrrole nitrogens is 1. The molecule has 5 atom stereocenters. The topological polar surface area (TPSA) is 201 Å². The molecule has 0 spiro atoms. The van der Waals surface area contributed by atoms with Crippen molar-refractivity contribution in [2.24, 2.45) is 11.8 Å². The zero-order valence-electron chi connectivity index (χ0n) is 17.1. The minimum absolute atomic E-state index is 0.0368. The van der Waals surface area contributed by atoms with Crippen LogP contribution in [0.1, 0.15) is 10.4 Å². The summed E-state index contributed by atoms with van der Waals surface area (Å²) in [7, 11) is 0. The summed E-state index contributed by atoms with van der Waals surface area (Å²) in [6.07, 6.45) is -0.413. The molecule has 2 fully saturated rings. The molecule has 13 heteroatoms. The number of ether oxygens (including phenoxy) is 1. The highest BCUT2D eigenvalue weighted by Gasteiger charge is 2.71. The van der Waals surface area contributed by atoms with E-state index in [1.54, 1.807) is 24.3 Å². The summed E-state index contributed by atoms with van der Waals surface area (Å²) in [6.45, 7) is 0.990. The van der Waals surface area contributed by atoms with Gasteiger partial charge in [-0.1, -0.05) is 0 Å². The zero-order valence-corrected chi connectivity index (χ0v) is 17.1. The molecule has 0 radical (unpaired) electrons. The molecule has 5 unspecified atom stereocenters. The number of fused-ring (bicyclic) bond motifs is 2. The van der Waals surface area contributed by atoms with Crippen molar-refractivity contribution in [3.63, 3.8) is 0 Å². The van der Waals surface area contributed by atoms with Gasteiger partial charge in [0.15, 0.2) is 5.82 Å². The van der Waals surface area contributed by atoms with E-state index in [1.807, 2.05) is 0 Å². The summed E-state index contributed by atoms with van der Waals surface area (Å²) < 4.78 is 4.87. The van der Waals surface area contributed by atoms with Crippen molar-refractivity contribution in [3.8, 4) is 0 Å². The number of aliphatic carboxylic acids is 1. The molecule has 2 aliphatic heterocycles. The Bertz CT molecular complexity index is 1200. The van der Waals surface area contributed by atoms with Crippen LogP contribution >= 0.6 is 0 Å². The third-order valence-corrected chi connectivity index (χ3v) is 5.97. The molecule has 1 saturated carbocycles. The average molecular weight is 455 g/mol. The lowest BCUT2D eigenvalue weighted by molar-refractivity contribution is -0.159. The van der Waals surface area contributed by atoms with Crippen LogP contribution in [0.15, 0.2) is 29.1 Å². The van der Waals surface area contributed by atoms with Crippen molar-refractivity contribution < 1.29 is 24.2 Å². The summed E-state index contributed by atoms with van der Waals surface area (Å²) in [5, 5.41) is 21.3. The van der Waals surface area contributed by atoms with E-state index in [0.717, 1.165) is 5.69 Å². The second kappa shape index (κ2) is 7.69. The van der Waals surface area contributed by atoms with Gasteiger partial charge in [-0.2, -0.15) is 4.98 Å². The molecule has 13 nitrogen and oxygen atoms in total. The Balaban J connectivity index is 1.16. The number of amides is 1. The molecule has 3 aliphatic rings. The fourth-order valence-corrected chi connectivity index (χ4v) is 4.16. The number of nitrogens with two attached hydrogens (primary N) is 1. The number of rotatable bonds is 7. The van der Waals surface area contributed by atoms with Crippen molar-refractivity contribution in [2.75, 3.05) is 34.8 Å². The number of hydrogen-bond donors (Lipinski definition) is 7. The number of nitrogens with zero attached hydrogens (tertiary/aromatic N) is 1. The second-order valence-corrected chi connectivity index (χ2v) is 8.15. The number of benzene rings is 1. The van der Waals surface area contributed by atoms with Crippen molar-refractivity contribution in [3.05, 3.63) is 40.2 Å². The van der Waals surface area contributed by atoms with E-state index in [-0.39, 0.29) is 23.1 Å². The Hall–Kier alpha value is -4.29. The SMILES string of the molecule is Nc1nc2c(c(=O)[nH]1)NC(CNc1ccc(C(=O)NC(C(=O)O)C3C4OC(=O)C43)cc1)CN2. The van der Waals surface area contributed by atoms with Crippen LogP contribution in [0.2, 0.25) is 0 Å². The molecule has 33 heavy (non-hydrogen) atoms. The van der Waals surface area contributed by atoms with Crippen LogP contribution in [-0.4, -0.2) is 64.2 Å². The summed E-state index contributed by atoms with van der Waals surface area (Å²) in [4.78, 5) is 53.9. The minimum Gasteiger partial charge on any atom is -0.480 e. The summed E-state index contributed by atoms with van der Waals surface area (Å²) in [6, 6.07) is 5.23. The van der Waals surface area contributed by atoms with E-state index in [1.165, 1.54) is 0 Å².